The summed E-state index contributed by atoms with van der Waals surface area (Å²) in [5, 5.41) is 3.51. The lowest BCUT2D eigenvalue weighted by Gasteiger charge is -2.28. The normalized spacial score (nSPS) is 40.3. The van der Waals surface area contributed by atoms with Crippen LogP contribution in [-0.4, -0.2) is 50.3 Å². The summed E-state index contributed by atoms with van der Waals surface area (Å²) in [6.07, 6.45) is 0. The summed E-state index contributed by atoms with van der Waals surface area (Å²) in [7, 11) is 0. The number of likely N-dealkylation sites (tertiary alicyclic amines) is 1. The number of nitrogens with zero attached hydrogens (tertiary/aromatic N) is 1. The van der Waals surface area contributed by atoms with Crippen LogP contribution >= 0.6 is 0 Å². The molecule has 3 unspecified atom stereocenters. The van der Waals surface area contributed by atoms with Crippen molar-refractivity contribution in [1.82, 2.24) is 10.2 Å². The van der Waals surface area contributed by atoms with Gasteiger partial charge in [0.1, 0.15) is 0 Å². The van der Waals surface area contributed by atoms with Crippen molar-refractivity contribution in [3.63, 3.8) is 0 Å². The van der Waals surface area contributed by atoms with Crippen LogP contribution in [0.4, 0.5) is 0 Å². The molecule has 0 spiro atoms. The Morgan fingerprint density at radius 1 is 1.29 bits per heavy atom. The summed E-state index contributed by atoms with van der Waals surface area (Å²) < 4.78 is 5.46. The molecular formula is C11H22N2O. The van der Waals surface area contributed by atoms with Gasteiger partial charge >= 0.3 is 0 Å². The second-order valence-corrected chi connectivity index (χ2v) is 4.90. The maximum atomic E-state index is 5.46. The third-order valence-corrected chi connectivity index (χ3v) is 3.54. The highest BCUT2D eigenvalue weighted by Crippen LogP contribution is 2.22. The zero-order chi connectivity index (χ0) is 9.97. The van der Waals surface area contributed by atoms with Gasteiger partial charge in [0, 0.05) is 32.2 Å². The first kappa shape index (κ1) is 10.4. The Kier molecular flexibility index (Phi) is 3.42. The molecule has 0 aromatic carbocycles. The molecule has 82 valence electrons. The van der Waals surface area contributed by atoms with Crippen LogP contribution < -0.4 is 5.32 Å². The minimum atomic E-state index is 0.557. The van der Waals surface area contributed by atoms with E-state index in [0.717, 1.165) is 38.1 Å². The highest BCUT2D eigenvalue weighted by molar-refractivity contribution is 4.82. The van der Waals surface area contributed by atoms with Crippen LogP contribution in [0.1, 0.15) is 13.8 Å². The highest BCUT2D eigenvalue weighted by Gasteiger charge is 2.27. The molecule has 3 atom stereocenters. The van der Waals surface area contributed by atoms with E-state index >= 15 is 0 Å². The fourth-order valence-corrected chi connectivity index (χ4v) is 2.45. The van der Waals surface area contributed by atoms with E-state index in [1.54, 1.807) is 0 Å². The van der Waals surface area contributed by atoms with Crippen molar-refractivity contribution < 1.29 is 4.74 Å². The van der Waals surface area contributed by atoms with E-state index in [1.165, 1.54) is 13.1 Å². The molecule has 2 saturated heterocycles. The van der Waals surface area contributed by atoms with Gasteiger partial charge in [0.15, 0.2) is 0 Å². The SMILES string of the molecule is CC1CN(CC2COCCN2)CC1C. The molecule has 2 fully saturated rings. The van der Waals surface area contributed by atoms with Crippen LogP contribution in [0.2, 0.25) is 0 Å². The third-order valence-electron chi connectivity index (χ3n) is 3.54. The smallest absolute Gasteiger partial charge is 0.0632 e. The Balaban J connectivity index is 1.74. The first-order valence-electron chi connectivity index (χ1n) is 5.79. The summed E-state index contributed by atoms with van der Waals surface area (Å²) in [5.41, 5.74) is 0. The zero-order valence-electron chi connectivity index (χ0n) is 9.33. The predicted octanol–water partition coefficient (Wildman–Crippen LogP) is 0.563. The second-order valence-electron chi connectivity index (χ2n) is 4.90. The fraction of sp³-hybridized carbons (Fsp3) is 1.00. The van der Waals surface area contributed by atoms with E-state index in [2.05, 4.69) is 24.1 Å². The van der Waals surface area contributed by atoms with Crippen molar-refractivity contribution in [2.75, 3.05) is 39.4 Å². The zero-order valence-corrected chi connectivity index (χ0v) is 9.33. The van der Waals surface area contributed by atoms with Crippen LogP contribution in [0.5, 0.6) is 0 Å². The third kappa shape index (κ3) is 2.47. The van der Waals surface area contributed by atoms with Gasteiger partial charge in [-0.05, 0) is 11.8 Å². The number of morpholine rings is 1. The van der Waals surface area contributed by atoms with Gasteiger partial charge in [-0.3, -0.25) is 0 Å². The molecule has 0 aliphatic carbocycles. The van der Waals surface area contributed by atoms with E-state index in [-0.39, 0.29) is 0 Å². The Morgan fingerprint density at radius 2 is 2.00 bits per heavy atom. The number of rotatable bonds is 2. The van der Waals surface area contributed by atoms with Crippen molar-refractivity contribution in [1.29, 1.82) is 0 Å². The quantitative estimate of drug-likeness (QED) is 0.702. The molecule has 14 heavy (non-hydrogen) atoms. The molecule has 2 rings (SSSR count). The van der Waals surface area contributed by atoms with E-state index in [9.17, 15) is 0 Å². The lowest BCUT2D eigenvalue weighted by Crippen LogP contribution is -2.48. The van der Waals surface area contributed by atoms with Crippen LogP contribution in [0.25, 0.3) is 0 Å². The lowest BCUT2D eigenvalue weighted by atomic mass is 10.0. The van der Waals surface area contributed by atoms with Crippen molar-refractivity contribution >= 4 is 0 Å². The number of nitrogens with one attached hydrogen (secondary N) is 1. The first-order chi connectivity index (χ1) is 6.75. The van der Waals surface area contributed by atoms with Crippen molar-refractivity contribution in [3.8, 4) is 0 Å². The maximum absolute atomic E-state index is 5.46. The number of hydrogen-bond donors (Lipinski definition) is 1. The summed E-state index contributed by atoms with van der Waals surface area (Å²) in [6.45, 7) is 11.2. The van der Waals surface area contributed by atoms with Gasteiger partial charge in [0.25, 0.3) is 0 Å². The van der Waals surface area contributed by atoms with Gasteiger partial charge in [-0.25, -0.2) is 0 Å². The molecule has 0 amide bonds. The second kappa shape index (κ2) is 4.60. The average Bonchev–Trinajstić information content (AvgIpc) is 2.47. The fourth-order valence-electron chi connectivity index (χ4n) is 2.45. The minimum Gasteiger partial charge on any atom is -0.378 e. The summed E-state index contributed by atoms with van der Waals surface area (Å²) in [4.78, 5) is 2.57. The molecule has 2 aliphatic heterocycles. The van der Waals surface area contributed by atoms with Crippen LogP contribution in [0, 0.1) is 11.8 Å². The summed E-state index contributed by atoms with van der Waals surface area (Å²) in [6, 6.07) is 0.557. The summed E-state index contributed by atoms with van der Waals surface area (Å²) >= 11 is 0. The largest absolute Gasteiger partial charge is 0.378 e. The first-order valence-corrected chi connectivity index (χ1v) is 5.79. The van der Waals surface area contributed by atoms with Crippen molar-refractivity contribution in [2.24, 2.45) is 11.8 Å². The van der Waals surface area contributed by atoms with Crippen molar-refractivity contribution in [2.45, 2.75) is 19.9 Å². The van der Waals surface area contributed by atoms with E-state index < -0.39 is 0 Å². The van der Waals surface area contributed by atoms with Gasteiger partial charge in [0.2, 0.25) is 0 Å². The van der Waals surface area contributed by atoms with Crippen molar-refractivity contribution in [3.05, 3.63) is 0 Å². The van der Waals surface area contributed by atoms with E-state index in [4.69, 9.17) is 4.74 Å². The van der Waals surface area contributed by atoms with Crippen LogP contribution in [0.15, 0.2) is 0 Å². The van der Waals surface area contributed by atoms with Gasteiger partial charge in [-0.2, -0.15) is 0 Å². The Bertz CT molecular complexity index is 170. The van der Waals surface area contributed by atoms with Gasteiger partial charge in [-0.1, -0.05) is 13.8 Å². The van der Waals surface area contributed by atoms with Crippen LogP contribution in [-0.2, 0) is 4.74 Å². The molecule has 0 radical (unpaired) electrons. The van der Waals surface area contributed by atoms with E-state index in [0.29, 0.717) is 6.04 Å². The standard InChI is InChI=1S/C11H22N2O/c1-9-5-13(6-10(9)2)7-11-8-14-4-3-12-11/h9-12H,3-8H2,1-2H3. The number of hydrogen-bond acceptors (Lipinski definition) is 3. The number of ether oxygens (including phenoxy) is 1. The minimum absolute atomic E-state index is 0.557. The summed E-state index contributed by atoms with van der Waals surface area (Å²) in [5.74, 6) is 1.72. The molecular weight excluding hydrogens is 176 g/mol. The van der Waals surface area contributed by atoms with Gasteiger partial charge < -0.3 is 15.0 Å². The molecule has 0 aromatic rings. The molecule has 3 nitrogen and oxygen atoms in total. The monoisotopic (exact) mass is 198 g/mol. The highest BCUT2D eigenvalue weighted by atomic mass is 16.5. The van der Waals surface area contributed by atoms with E-state index in [1.807, 2.05) is 0 Å². The van der Waals surface area contributed by atoms with Gasteiger partial charge in [0.05, 0.1) is 13.2 Å². The Hall–Kier alpha value is -0.120. The molecule has 0 aromatic heterocycles. The average molecular weight is 198 g/mol. The Morgan fingerprint density at radius 3 is 2.57 bits per heavy atom. The molecule has 2 heterocycles. The molecule has 0 bridgehead atoms. The Labute approximate surface area is 86.8 Å². The maximum Gasteiger partial charge on any atom is 0.0632 e. The molecule has 2 aliphatic rings. The topological polar surface area (TPSA) is 24.5 Å². The molecule has 3 heteroatoms. The predicted molar refractivity (Wildman–Crippen MR) is 57.4 cm³/mol. The van der Waals surface area contributed by atoms with Crippen LogP contribution in [0.3, 0.4) is 0 Å². The lowest BCUT2D eigenvalue weighted by molar-refractivity contribution is 0.0644. The van der Waals surface area contributed by atoms with Gasteiger partial charge in [-0.15, -0.1) is 0 Å². The molecule has 1 N–H and O–H groups in total. The molecule has 0 saturated carbocycles.